The van der Waals surface area contributed by atoms with Gasteiger partial charge in [-0.05, 0) is 68.2 Å². The second kappa shape index (κ2) is 6.34. The summed E-state index contributed by atoms with van der Waals surface area (Å²) in [6.07, 6.45) is 5.55. The fraction of sp³-hybridized carbons (Fsp3) is 0.500. The minimum Gasteiger partial charge on any atom is -0.277 e. The lowest BCUT2D eigenvalue weighted by Gasteiger charge is -2.36. The summed E-state index contributed by atoms with van der Waals surface area (Å²) in [6.45, 7) is 4.00. The first kappa shape index (κ1) is 16.9. The molecule has 6 heteroatoms. The number of nitrogens with one attached hydrogen (secondary N) is 1. The summed E-state index contributed by atoms with van der Waals surface area (Å²) < 4.78 is 0. The number of carbonyl (C=O) groups is 3. The van der Waals surface area contributed by atoms with E-state index in [2.05, 4.69) is 10.3 Å². The largest absolute Gasteiger partial charge is 0.331 e. The van der Waals surface area contributed by atoms with Gasteiger partial charge in [0, 0.05) is 12.3 Å². The van der Waals surface area contributed by atoms with Gasteiger partial charge in [-0.25, -0.2) is 4.79 Å². The lowest BCUT2D eigenvalue weighted by molar-refractivity contribution is -0.141. The monoisotopic (exact) mass is 353 g/mol. The average molecular weight is 353 g/mol. The molecule has 0 spiro atoms. The van der Waals surface area contributed by atoms with Gasteiger partial charge in [0.15, 0.2) is 5.92 Å². The topological polar surface area (TPSA) is 78.8 Å². The first-order valence-electron chi connectivity index (χ1n) is 9.23. The molecule has 136 valence electrons. The molecule has 0 radical (unpaired) electrons. The van der Waals surface area contributed by atoms with E-state index in [1.165, 1.54) is 17.5 Å². The fourth-order valence-corrected chi connectivity index (χ4v) is 4.54. The van der Waals surface area contributed by atoms with Gasteiger partial charge in [-0.15, -0.1) is 0 Å². The van der Waals surface area contributed by atoms with Crippen molar-refractivity contribution in [1.82, 2.24) is 10.2 Å². The van der Waals surface area contributed by atoms with Crippen LogP contribution in [0.2, 0.25) is 0 Å². The second-order valence-electron chi connectivity index (χ2n) is 7.77. The van der Waals surface area contributed by atoms with Gasteiger partial charge >= 0.3 is 6.03 Å². The van der Waals surface area contributed by atoms with E-state index >= 15 is 0 Å². The number of barbiturate groups is 1. The van der Waals surface area contributed by atoms with Crippen molar-refractivity contribution in [3.63, 3.8) is 0 Å². The number of rotatable bonds is 3. The number of aliphatic imine (C=N–C) groups is 1. The van der Waals surface area contributed by atoms with Crippen molar-refractivity contribution in [3.8, 4) is 0 Å². The summed E-state index contributed by atoms with van der Waals surface area (Å²) in [7, 11) is 0. The van der Waals surface area contributed by atoms with Crippen molar-refractivity contribution in [2.45, 2.75) is 45.6 Å². The van der Waals surface area contributed by atoms with Gasteiger partial charge in [-0.2, -0.15) is 0 Å². The highest BCUT2D eigenvalue weighted by atomic mass is 16.2. The predicted molar refractivity (Wildman–Crippen MR) is 97.2 cm³/mol. The Bertz CT molecular complexity index is 817. The first-order valence-corrected chi connectivity index (χ1v) is 9.23. The molecule has 1 aliphatic heterocycles. The van der Waals surface area contributed by atoms with Crippen LogP contribution in [0.5, 0.6) is 0 Å². The van der Waals surface area contributed by atoms with E-state index in [1.54, 1.807) is 0 Å². The van der Waals surface area contributed by atoms with Crippen LogP contribution in [0.25, 0.3) is 0 Å². The van der Waals surface area contributed by atoms with E-state index in [-0.39, 0.29) is 6.04 Å². The number of carbonyl (C=O) groups excluding carboxylic acids is 3. The minimum absolute atomic E-state index is 0.0770. The van der Waals surface area contributed by atoms with Crippen molar-refractivity contribution in [3.05, 3.63) is 29.3 Å². The van der Waals surface area contributed by atoms with Crippen LogP contribution >= 0.6 is 0 Å². The van der Waals surface area contributed by atoms with E-state index in [0.717, 1.165) is 30.4 Å². The van der Waals surface area contributed by atoms with Crippen LogP contribution in [-0.2, 0) is 9.59 Å². The molecule has 2 saturated carbocycles. The van der Waals surface area contributed by atoms with Crippen LogP contribution in [0.15, 0.2) is 23.2 Å². The minimum atomic E-state index is -1.05. The molecule has 4 amide bonds. The number of aryl methyl sites for hydroxylation is 2. The standard InChI is InChI=1S/C20H23N3O3/c1-11-3-6-15(7-12(11)2)21-10-16-18(24)22-20(26)23(19(16)25)17-9-13-4-5-14(17)8-13/h3,6-7,10,13-14,16-17H,4-5,8-9H2,1-2H3,(H,22,24,26)/t13-,14-,16-,17+/m0/s1. The van der Waals surface area contributed by atoms with Crippen LogP contribution in [0, 0.1) is 31.6 Å². The van der Waals surface area contributed by atoms with Gasteiger partial charge in [-0.1, -0.05) is 12.5 Å². The fourth-order valence-electron chi connectivity index (χ4n) is 4.54. The van der Waals surface area contributed by atoms with Gasteiger partial charge in [0.05, 0.1) is 5.69 Å². The summed E-state index contributed by atoms with van der Waals surface area (Å²) in [4.78, 5) is 43.0. The molecule has 0 unspecified atom stereocenters. The van der Waals surface area contributed by atoms with Crippen LogP contribution in [0.1, 0.15) is 36.8 Å². The van der Waals surface area contributed by atoms with Crippen LogP contribution in [0.3, 0.4) is 0 Å². The third kappa shape index (κ3) is 2.83. The van der Waals surface area contributed by atoms with Gasteiger partial charge in [0.25, 0.3) is 0 Å². The zero-order valence-corrected chi connectivity index (χ0v) is 15.1. The molecule has 4 atom stereocenters. The zero-order chi connectivity index (χ0) is 18.4. The molecule has 1 saturated heterocycles. The van der Waals surface area contributed by atoms with Crippen molar-refractivity contribution in [1.29, 1.82) is 0 Å². The summed E-state index contributed by atoms with van der Waals surface area (Å²) in [5, 5.41) is 2.34. The van der Waals surface area contributed by atoms with Crippen molar-refractivity contribution >= 4 is 29.7 Å². The molecule has 6 nitrogen and oxygen atoms in total. The zero-order valence-electron chi connectivity index (χ0n) is 15.1. The van der Waals surface area contributed by atoms with E-state index in [4.69, 9.17) is 0 Å². The molecule has 0 aromatic heterocycles. The molecule has 3 fully saturated rings. The van der Waals surface area contributed by atoms with Gasteiger partial charge < -0.3 is 0 Å². The highest BCUT2D eigenvalue weighted by molar-refractivity contribution is 6.23. The smallest absolute Gasteiger partial charge is 0.277 e. The molecule has 1 aromatic carbocycles. The Kier molecular flexibility index (Phi) is 4.13. The Morgan fingerprint density at radius 3 is 2.58 bits per heavy atom. The molecule has 2 bridgehead atoms. The molecular formula is C20H23N3O3. The van der Waals surface area contributed by atoms with Crippen LogP contribution < -0.4 is 5.32 Å². The lowest BCUT2D eigenvalue weighted by atomic mass is 9.92. The molecule has 1 N–H and O–H groups in total. The Balaban J connectivity index is 1.56. The van der Waals surface area contributed by atoms with Crippen molar-refractivity contribution in [2.75, 3.05) is 0 Å². The third-order valence-corrected chi connectivity index (χ3v) is 6.13. The molecule has 4 rings (SSSR count). The Hall–Kier alpha value is -2.50. The van der Waals surface area contributed by atoms with Crippen LogP contribution in [-0.4, -0.2) is 35.0 Å². The maximum absolute atomic E-state index is 12.9. The normalized spacial score (nSPS) is 31.2. The van der Waals surface area contributed by atoms with E-state index in [1.807, 2.05) is 32.0 Å². The predicted octanol–water partition coefficient (Wildman–Crippen LogP) is 2.89. The van der Waals surface area contributed by atoms with Crippen LogP contribution in [0.4, 0.5) is 10.5 Å². The number of benzene rings is 1. The maximum Gasteiger partial charge on any atom is 0.331 e. The number of nitrogens with zero attached hydrogens (tertiary/aromatic N) is 2. The molecule has 1 heterocycles. The second-order valence-corrected chi connectivity index (χ2v) is 7.77. The van der Waals surface area contributed by atoms with E-state index in [9.17, 15) is 14.4 Å². The Labute approximate surface area is 152 Å². The van der Waals surface area contributed by atoms with E-state index < -0.39 is 23.8 Å². The Morgan fingerprint density at radius 1 is 1.12 bits per heavy atom. The molecule has 2 aliphatic carbocycles. The molecule has 26 heavy (non-hydrogen) atoms. The van der Waals surface area contributed by atoms with E-state index in [0.29, 0.717) is 17.5 Å². The van der Waals surface area contributed by atoms with Gasteiger partial charge in [0.1, 0.15) is 0 Å². The number of hydrogen-bond donors (Lipinski definition) is 1. The number of imide groups is 2. The SMILES string of the molecule is Cc1ccc(N=C[C@H]2C(=O)NC(=O)N([C@@H]3C[C@H]4CC[C@H]3C4)C2=O)cc1C. The Morgan fingerprint density at radius 2 is 1.92 bits per heavy atom. The maximum atomic E-state index is 12.9. The summed E-state index contributed by atoms with van der Waals surface area (Å²) in [5.74, 6) is -1.10. The highest BCUT2D eigenvalue weighted by Gasteiger charge is 2.50. The summed E-state index contributed by atoms with van der Waals surface area (Å²) in [5.41, 5.74) is 2.94. The highest BCUT2D eigenvalue weighted by Crippen LogP contribution is 2.47. The van der Waals surface area contributed by atoms with Gasteiger partial charge in [0.2, 0.25) is 11.8 Å². The number of amides is 4. The number of hydrogen-bond acceptors (Lipinski definition) is 4. The quantitative estimate of drug-likeness (QED) is 0.670. The summed E-state index contributed by atoms with van der Waals surface area (Å²) >= 11 is 0. The molecule has 1 aromatic rings. The number of urea groups is 1. The lowest BCUT2D eigenvalue weighted by Crippen LogP contribution is -2.62. The average Bonchev–Trinajstić information content (AvgIpc) is 3.20. The first-order chi connectivity index (χ1) is 12.4. The molecular weight excluding hydrogens is 330 g/mol. The summed E-state index contributed by atoms with van der Waals surface area (Å²) in [6, 6.07) is 5.06. The van der Waals surface area contributed by atoms with Crippen molar-refractivity contribution in [2.24, 2.45) is 22.7 Å². The molecule has 3 aliphatic rings. The van der Waals surface area contributed by atoms with Crippen molar-refractivity contribution < 1.29 is 14.4 Å². The van der Waals surface area contributed by atoms with Gasteiger partial charge in [-0.3, -0.25) is 24.8 Å². The number of fused-ring (bicyclic) bond motifs is 2. The third-order valence-electron chi connectivity index (χ3n) is 6.13.